The van der Waals surface area contributed by atoms with E-state index in [1.54, 1.807) is 0 Å². The van der Waals surface area contributed by atoms with Crippen molar-refractivity contribution in [3.63, 3.8) is 0 Å². The molecule has 0 saturated carbocycles. The molecule has 1 atom stereocenters. The van der Waals surface area contributed by atoms with Crippen LogP contribution in [0, 0.1) is 11.8 Å². The van der Waals surface area contributed by atoms with Crippen molar-refractivity contribution < 1.29 is 23.7 Å². The van der Waals surface area contributed by atoms with Gasteiger partial charge in [0.2, 0.25) is 0 Å². The lowest BCUT2D eigenvalue weighted by molar-refractivity contribution is -0.152. The molecule has 0 amide bonds. The summed E-state index contributed by atoms with van der Waals surface area (Å²) < 4.78 is 21.7. The second kappa shape index (κ2) is 12.9. The molecule has 170 valence electrons. The van der Waals surface area contributed by atoms with E-state index in [9.17, 15) is 4.79 Å². The molecule has 5 heteroatoms. The number of hydrogen-bond donors (Lipinski definition) is 0. The van der Waals surface area contributed by atoms with Crippen molar-refractivity contribution in [2.24, 2.45) is 0 Å². The second-order valence-corrected chi connectivity index (χ2v) is 7.30. The van der Waals surface area contributed by atoms with Crippen molar-refractivity contribution >= 4 is 5.97 Å². The summed E-state index contributed by atoms with van der Waals surface area (Å²) in [5, 5.41) is 0. The summed E-state index contributed by atoms with van der Waals surface area (Å²) in [5.74, 6) is 8.26. The van der Waals surface area contributed by atoms with Gasteiger partial charge in [-0.05, 0) is 48.4 Å². The van der Waals surface area contributed by atoms with E-state index in [0.29, 0.717) is 19.4 Å². The van der Waals surface area contributed by atoms with Gasteiger partial charge in [0, 0.05) is 31.6 Å². The van der Waals surface area contributed by atoms with Crippen molar-refractivity contribution in [2.75, 3.05) is 20.8 Å². The first kappa shape index (κ1) is 23.9. The Hall–Kier alpha value is -3.75. The number of unbranched alkanes of at least 4 members (excludes halogenated alkanes) is 1. The molecule has 0 bridgehead atoms. The minimum absolute atomic E-state index is 0.383. The van der Waals surface area contributed by atoms with E-state index in [-0.39, 0.29) is 5.97 Å². The molecular weight excluding hydrogens is 416 g/mol. The summed E-state index contributed by atoms with van der Waals surface area (Å²) in [5.41, 5.74) is 1.87. The maximum Gasteiger partial charge on any atom is 0.335 e. The van der Waals surface area contributed by atoms with E-state index in [1.165, 1.54) is 14.2 Å². The third kappa shape index (κ3) is 8.03. The van der Waals surface area contributed by atoms with E-state index in [2.05, 4.69) is 11.8 Å². The summed E-state index contributed by atoms with van der Waals surface area (Å²) in [6.07, 6.45) is 1.35. The van der Waals surface area contributed by atoms with Gasteiger partial charge in [0.05, 0.1) is 13.7 Å². The fraction of sp³-hybridized carbons (Fsp3) is 0.250. The molecule has 0 radical (unpaired) electrons. The summed E-state index contributed by atoms with van der Waals surface area (Å²) in [6, 6.07) is 25.1. The highest BCUT2D eigenvalue weighted by molar-refractivity contribution is 5.75. The van der Waals surface area contributed by atoms with Crippen LogP contribution >= 0.6 is 0 Å². The van der Waals surface area contributed by atoms with E-state index < -0.39 is 6.10 Å². The van der Waals surface area contributed by atoms with Gasteiger partial charge in [0.1, 0.15) is 17.2 Å². The molecule has 0 aromatic heterocycles. The van der Waals surface area contributed by atoms with Gasteiger partial charge in [-0.1, -0.05) is 48.2 Å². The second-order valence-electron chi connectivity index (χ2n) is 7.30. The number of benzene rings is 3. The Kier molecular flexibility index (Phi) is 9.38. The maximum absolute atomic E-state index is 11.7. The monoisotopic (exact) mass is 444 g/mol. The highest BCUT2D eigenvalue weighted by Crippen LogP contribution is 2.25. The van der Waals surface area contributed by atoms with Crippen LogP contribution in [0.4, 0.5) is 0 Å². The van der Waals surface area contributed by atoms with Crippen LogP contribution in [0.15, 0.2) is 78.9 Å². The largest absolute Gasteiger partial charge is 0.493 e. The number of carbonyl (C=O) groups is 1. The van der Waals surface area contributed by atoms with Crippen molar-refractivity contribution in [3.8, 4) is 29.1 Å². The molecule has 33 heavy (non-hydrogen) atoms. The average molecular weight is 445 g/mol. The molecule has 0 spiro atoms. The third-order valence-corrected chi connectivity index (χ3v) is 4.83. The Bertz CT molecular complexity index is 1080. The Morgan fingerprint density at radius 3 is 2.42 bits per heavy atom. The molecule has 5 nitrogen and oxygen atoms in total. The quantitative estimate of drug-likeness (QED) is 0.237. The number of methoxy groups -OCH3 is 2. The molecule has 3 rings (SSSR count). The number of rotatable bonds is 10. The van der Waals surface area contributed by atoms with E-state index in [1.807, 2.05) is 78.9 Å². The normalized spacial score (nSPS) is 11.1. The molecule has 3 aromatic carbocycles. The maximum atomic E-state index is 11.7. The lowest BCUT2D eigenvalue weighted by Crippen LogP contribution is -2.26. The van der Waals surface area contributed by atoms with Gasteiger partial charge < -0.3 is 18.9 Å². The van der Waals surface area contributed by atoms with Crippen LogP contribution in [0.5, 0.6) is 17.2 Å². The first-order chi connectivity index (χ1) is 16.2. The summed E-state index contributed by atoms with van der Waals surface area (Å²) in [7, 11) is 2.86. The van der Waals surface area contributed by atoms with Gasteiger partial charge in [-0.2, -0.15) is 0 Å². The van der Waals surface area contributed by atoms with Gasteiger partial charge in [0.15, 0.2) is 6.10 Å². The van der Waals surface area contributed by atoms with Gasteiger partial charge in [-0.15, -0.1) is 0 Å². The number of para-hydroxylation sites is 1. The first-order valence-corrected chi connectivity index (χ1v) is 10.8. The van der Waals surface area contributed by atoms with Crippen LogP contribution in [0.3, 0.4) is 0 Å². The van der Waals surface area contributed by atoms with Gasteiger partial charge in [-0.25, -0.2) is 4.79 Å². The average Bonchev–Trinajstić information content (AvgIpc) is 2.85. The lowest BCUT2D eigenvalue weighted by Gasteiger charge is -2.12. The zero-order valence-electron chi connectivity index (χ0n) is 19.0. The van der Waals surface area contributed by atoms with Crippen LogP contribution in [-0.4, -0.2) is 32.9 Å². The molecule has 0 heterocycles. The minimum atomic E-state index is -0.619. The smallest absolute Gasteiger partial charge is 0.335 e. The molecule has 3 aromatic rings. The Morgan fingerprint density at radius 1 is 0.879 bits per heavy atom. The first-order valence-electron chi connectivity index (χ1n) is 10.8. The van der Waals surface area contributed by atoms with Crippen LogP contribution in [0.2, 0.25) is 0 Å². The molecule has 0 saturated heterocycles. The standard InChI is InChI=1S/C28H28O5/c1-30-27(28(29)31-2)20-23-13-9-12-22(19-23)11-5-4-8-18-32-25-16-10-17-26(21-25)33-24-14-6-3-7-15-24/h3,6-7,9-10,12-17,19,21,27H,4,8,18,20H2,1-2H3. The van der Waals surface area contributed by atoms with E-state index in [0.717, 1.165) is 34.8 Å². The number of carbonyl (C=O) groups excluding carboxylic acids is 1. The summed E-state index contributed by atoms with van der Waals surface area (Å²) >= 11 is 0. The molecule has 0 N–H and O–H groups in total. The Balaban J connectivity index is 1.44. The van der Waals surface area contributed by atoms with Crippen molar-refractivity contribution in [2.45, 2.75) is 25.4 Å². The molecular formula is C28H28O5. The minimum Gasteiger partial charge on any atom is -0.493 e. The number of ether oxygens (including phenoxy) is 4. The van der Waals surface area contributed by atoms with Crippen LogP contribution in [-0.2, 0) is 20.7 Å². The molecule has 0 aliphatic rings. The van der Waals surface area contributed by atoms with Crippen molar-refractivity contribution in [1.29, 1.82) is 0 Å². The predicted octanol–water partition coefficient (Wildman–Crippen LogP) is 5.42. The van der Waals surface area contributed by atoms with Crippen molar-refractivity contribution in [1.82, 2.24) is 0 Å². The molecule has 1 unspecified atom stereocenters. The highest BCUT2D eigenvalue weighted by Gasteiger charge is 2.18. The third-order valence-electron chi connectivity index (χ3n) is 4.83. The zero-order valence-corrected chi connectivity index (χ0v) is 19.0. The zero-order chi connectivity index (χ0) is 23.3. The van der Waals surface area contributed by atoms with E-state index >= 15 is 0 Å². The fourth-order valence-corrected chi connectivity index (χ4v) is 3.15. The number of hydrogen-bond acceptors (Lipinski definition) is 5. The molecule has 0 fully saturated rings. The Morgan fingerprint density at radius 2 is 1.64 bits per heavy atom. The highest BCUT2D eigenvalue weighted by atomic mass is 16.6. The topological polar surface area (TPSA) is 54.0 Å². The van der Waals surface area contributed by atoms with Crippen LogP contribution in [0.25, 0.3) is 0 Å². The molecule has 0 aliphatic heterocycles. The fourth-order valence-electron chi connectivity index (χ4n) is 3.15. The van der Waals surface area contributed by atoms with Gasteiger partial charge >= 0.3 is 5.97 Å². The summed E-state index contributed by atoms with van der Waals surface area (Å²) in [6.45, 7) is 0.568. The molecule has 0 aliphatic carbocycles. The summed E-state index contributed by atoms with van der Waals surface area (Å²) in [4.78, 5) is 11.7. The van der Waals surface area contributed by atoms with Crippen LogP contribution in [0.1, 0.15) is 24.0 Å². The van der Waals surface area contributed by atoms with Gasteiger partial charge in [-0.3, -0.25) is 0 Å². The van der Waals surface area contributed by atoms with Gasteiger partial charge in [0.25, 0.3) is 0 Å². The van der Waals surface area contributed by atoms with E-state index in [4.69, 9.17) is 18.9 Å². The predicted molar refractivity (Wildman–Crippen MR) is 128 cm³/mol. The lowest BCUT2D eigenvalue weighted by atomic mass is 10.0. The SMILES string of the molecule is COC(=O)C(Cc1cccc(C#CCCCOc2cccc(Oc3ccccc3)c2)c1)OC. The number of esters is 1. The van der Waals surface area contributed by atoms with Crippen LogP contribution < -0.4 is 9.47 Å². The Labute approximate surface area is 195 Å². The van der Waals surface area contributed by atoms with Crippen molar-refractivity contribution in [3.05, 3.63) is 90.0 Å².